The van der Waals surface area contributed by atoms with Gasteiger partial charge in [0.25, 0.3) is 5.91 Å². The van der Waals surface area contributed by atoms with Crippen LogP contribution in [0.3, 0.4) is 0 Å². The molecule has 27 heavy (non-hydrogen) atoms. The van der Waals surface area contributed by atoms with E-state index in [0.717, 1.165) is 12.8 Å². The van der Waals surface area contributed by atoms with Crippen molar-refractivity contribution in [3.8, 4) is 0 Å². The molecule has 1 aliphatic carbocycles. The molecule has 2 unspecified atom stereocenters. The fraction of sp³-hybridized carbons (Fsp3) is 0.350. The second-order valence-electron chi connectivity index (χ2n) is 7.18. The van der Waals surface area contributed by atoms with Crippen molar-refractivity contribution in [2.45, 2.75) is 42.7 Å². The third-order valence-electron chi connectivity index (χ3n) is 5.29. The summed E-state index contributed by atoms with van der Waals surface area (Å²) in [4.78, 5) is 12.2. The quantitative estimate of drug-likeness (QED) is 0.843. The summed E-state index contributed by atoms with van der Waals surface area (Å²) in [6, 6.07) is 11.8. The summed E-state index contributed by atoms with van der Waals surface area (Å²) in [6.45, 7) is -0.643. The number of hydrogen-bond donors (Lipinski definition) is 2. The first-order valence-corrected chi connectivity index (χ1v) is 10.5. The zero-order valence-corrected chi connectivity index (χ0v) is 15.6. The number of alkyl halides is 1. The Morgan fingerprint density at radius 3 is 2.63 bits per heavy atom. The molecule has 0 aromatic heterocycles. The lowest BCUT2D eigenvalue weighted by Crippen LogP contribution is -2.43. The maximum atomic E-state index is 12.9. The van der Waals surface area contributed by atoms with Gasteiger partial charge < -0.3 is 5.32 Å². The lowest BCUT2D eigenvalue weighted by Gasteiger charge is -2.26. The van der Waals surface area contributed by atoms with Gasteiger partial charge in [-0.1, -0.05) is 30.3 Å². The summed E-state index contributed by atoms with van der Waals surface area (Å²) in [5, 5.41) is 2.56. The minimum Gasteiger partial charge on any atom is -0.346 e. The van der Waals surface area contributed by atoms with Crippen LogP contribution < -0.4 is 10.0 Å². The number of benzene rings is 2. The summed E-state index contributed by atoms with van der Waals surface area (Å²) in [5.41, 5.74) is 3.41. The first-order valence-electron chi connectivity index (χ1n) is 9.05. The van der Waals surface area contributed by atoms with E-state index in [1.54, 1.807) is 6.07 Å². The molecule has 0 radical (unpaired) electrons. The Labute approximate surface area is 158 Å². The highest BCUT2D eigenvalue weighted by Gasteiger charge is 2.28. The highest BCUT2D eigenvalue weighted by Crippen LogP contribution is 2.24. The maximum Gasteiger partial charge on any atom is 0.251 e. The van der Waals surface area contributed by atoms with Crippen LogP contribution in [0.2, 0.25) is 0 Å². The molecule has 5 nitrogen and oxygen atoms in total. The van der Waals surface area contributed by atoms with E-state index in [-0.39, 0.29) is 10.9 Å². The van der Waals surface area contributed by atoms with Crippen LogP contribution in [-0.4, -0.2) is 33.1 Å². The van der Waals surface area contributed by atoms with Crippen molar-refractivity contribution in [3.63, 3.8) is 0 Å². The predicted octanol–water partition coefficient (Wildman–Crippen LogP) is 2.15. The number of hydrogen-bond acceptors (Lipinski definition) is 3. The van der Waals surface area contributed by atoms with E-state index in [0.29, 0.717) is 24.0 Å². The third kappa shape index (κ3) is 3.61. The van der Waals surface area contributed by atoms with Crippen molar-refractivity contribution in [2.24, 2.45) is 0 Å². The number of amides is 1. The van der Waals surface area contributed by atoms with Crippen molar-refractivity contribution < 1.29 is 17.6 Å². The van der Waals surface area contributed by atoms with Gasteiger partial charge in [-0.3, -0.25) is 4.79 Å². The Morgan fingerprint density at radius 1 is 1.07 bits per heavy atom. The Bertz CT molecular complexity index is 990. The lowest BCUT2D eigenvalue weighted by molar-refractivity contribution is 0.0917. The molecule has 0 spiro atoms. The van der Waals surface area contributed by atoms with E-state index >= 15 is 0 Å². The largest absolute Gasteiger partial charge is 0.346 e. The van der Waals surface area contributed by atoms with E-state index in [4.69, 9.17) is 0 Å². The van der Waals surface area contributed by atoms with Gasteiger partial charge >= 0.3 is 0 Å². The fourth-order valence-electron chi connectivity index (χ4n) is 3.87. The van der Waals surface area contributed by atoms with E-state index in [2.05, 4.69) is 16.1 Å². The molecule has 1 amide bonds. The molecule has 0 fully saturated rings. The molecule has 142 valence electrons. The minimum atomic E-state index is -3.74. The number of rotatable bonds is 4. The van der Waals surface area contributed by atoms with Crippen LogP contribution in [0.15, 0.2) is 47.4 Å². The molecule has 1 heterocycles. The van der Waals surface area contributed by atoms with Crippen LogP contribution in [0.5, 0.6) is 0 Å². The van der Waals surface area contributed by atoms with Gasteiger partial charge in [-0.15, -0.1) is 0 Å². The monoisotopic (exact) mass is 388 g/mol. The van der Waals surface area contributed by atoms with Gasteiger partial charge in [0.15, 0.2) is 0 Å². The van der Waals surface area contributed by atoms with Gasteiger partial charge in [0.2, 0.25) is 10.0 Å². The van der Waals surface area contributed by atoms with E-state index < -0.39 is 28.6 Å². The first kappa shape index (κ1) is 18.1. The van der Waals surface area contributed by atoms with Gasteiger partial charge in [-0.25, -0.2) is 17.5 Å². The van der Waals surface area contributed by atoms with Crippen molar-refractivity contribution in [1.82, 2.24) is 10.0 Å². The number of aryl methyl sites for hydroxylation is 1. The molecule has 0 bridgehead atoms. The van der Waals surface area contributed by atoms with Crippen LogP contribution in [-0.2, 0) is 29.3 Å². The lowest BCUT2D eigenvalue weighted by atomic mass is 9.89. The Kier molecular flexibility index (Phi) is 4.74. The van der Waals surface area contributed by atoms with Gasteiger partial charge in [0, 0.05) is 11.6 Å². The highest BCUT2D eigenvalue weighted by molar-refractivity contribution is 7.89. The highest BCUT2D eigenvalue weighted by atomic mass is 32.2. The first-order chi connectivity index (χ1) is 13.0. The minimum absolute atomic E-state index is 0.0638. The molecule has 0 saturated carbocycles. The Hall–Kier alpha value is -2.25. The maximum absolute atomic E-state index is 12.9. The molecule has 7 heteroatoms. The van der Waals surface area contributed by atoms with E-state index in [1.807, 2.05) is 18.2 Å². The summed E-state index contributed by atoms with van der Waals surface area (Å²) >= 11 is 0. The number of sulfonamides is 1. The summed E-state index contributed by atoms with van der Waals surface area (Å²) in [5.74, 6) is -0.428. The number of nitrogens with one attached hydrogen (secondary N) is 2. The molecule has 1 aliphatic heterocycles. The summed E-state index contributed by atoms with van der Waals surface area (Å²) < 4.78 is 41.3. The molecule has 2 atom stereocenters. The SMILES string of the molecule is O=C1NC(CF)Cc2ccc(S(=O)(=O)NC3CCc4ccccc4C3)cc21. The molecule has 2 N–H and O–H groups in total. The van der Waals surface area contributed by atoms with Gasteiger partial charge in [0.1, 0.15) is 6.67 Å². The molecule has 4 rings (SSSR count). The van der Waals surface area contributed by atoms with Gasteiger partial charge in [0.05, 0.1) is 10.9 Å². The smallest absolute Gasteiger partial charge is 0.251 e. The van der Waals surface area contributed by atoms with E-state index in [9.17, 15) is 17.6 Å². The average molecular weight is 388 g/mol. The molecule has 2 aromatic carbocycles. The van der Waals surface area contributed by atoms with Crippen molar-refractivity contribution in [1.29, 1.82) is 0 Å². The number of carbonyl (C=O) groups excluding carboxylic acids is 1. The molecule has 2 aliphatic rings. The van der Waals surface area contributed by atoms with Crippen LogP contribution in [0, 0.1) is 0 Å². The summed E-state index contributed by atoms with van der Waals surface area (Å²) in [6.07, 6.45) is 2.59. The Morgan fingerprint density at radius 2 is 1.85 bits per heavy atom. The van der Waals surface area contributed by atoms with Gasteiger partial charge in [-0.05, 0) is 54.5 Å². The molecule has 0 saturated heterocycles. The predicted molar refractivity (Wildman–Crippen MR) is 100.0 cm³/mol. The normalized spacial score (nSPS) is 21.9. The average Bonchev–Trinajstić information content (AvgIpc) is 2.67. The van der Waals surface area contributed by atoms with Crippen LogP contribution >= 0.6 is 0 Å². The third-order valence-corrected chi connectivity index (χ3v) is 6.81. The number of carbonyl (C=O) groups is 1. The zero-order valence-electron chi connectivity index (χ0n) is 14.7. The second kappa shape index (κ2) is 7.05. The number of halogens is 1. The second-order valence-corrected chi connectivity index (χ2v) is 8.89. The zero-order chi connectivity index (χ0) is 19.0. The van der Waals surface area contributed by atoms with Crippen LogP contribution in [0.25, 0.3) is 0 Å². The topological polar surface area (TPSA) is 75.3 Å². The Balaban J connectivity index is 1.55. The molecular formula is C20H21FN2O3S. The van der Waals surface area contributed by atoms with Crippen molar-refractivity contribution in [2.75, 3.05) is 6.67 Å². The van der Waals surface area contributed by atoms with Crippen LogP contribution in [0.1, 0.15) is 33.5 Å². The standard InChI is InChI=1S/C20H21FN2O3S/c21-12-17-10-15-6-8-18(11-19(15)20(24)22-17)27(25,26)23-16-7-5-13-3-1-2-4-14(13)9-16/h1-4,6,8,11,16-17,23H,5,7,9-10,12H2,(H,22,24). The molecule has 2 aromatic rings. The van der Waals surface area contributed by atoms with Crippen molar-refractivity contribution >= 4 is 15.9 Å². The summed E-state index contributed by atoms with van der Waals surface area (Å²) in [7, 11) is -3.74. The molecular weight excluding hydrogens is 367 g/mol. The fourth-order valence-corrected chi connectivity index (χ4v) is 5.17. The number of fused-ring (bicyclic) bond motifs is 2. The van der Waals surface area contributed by atoms with E-state index in [1.165, 1.54) is 23.3 Å². The van der Waals surface area contributed by atoms with Crippen LogP contribution in [0.4, 0.5) is 4.39 Å². The van der Waals surface area contributed by atoms with Gasteiger partial charge in [-0.2, -0.15) is 0 Å². The van der Waals surface area contributed by atoms with Crippen molar-refractivity contribution in [3.05, 3.63) is 64.7 Å².